The third-order valence-corrected chi connectivity index (χ3v) is 3.61. The lowest BCUT2D eigenvalue weighted by molar-refractivity contribution is -0.143. The van der Waals surface area contributed by atoms with Crippen LogP contribution in [0.4, 0.5) is 0 Å². The molecule has 0 heterocycles. The Hall–Kier alpha value is -2.33. The van der Waals surface area contributed by atoms with Gasteiger partial charge in [-0.25, -0.2) is 0 Å². The van der Waals surface area contributed by atoms with E-state index in [-0.39, 0.29) is 12.4 Å². The van der Waals surface area contributed by atoms with E-state index in [0.29, 0.717) is 12.4 Å². The molecule has 0 aliphatic rings. The van der Waals surface area contributed by atoms with E-state index >= 15 is 0 Å². The van der Waals surface area contributed by atoms with Crippen LogP contribution in [-0.2, 0) is 9.53 Å². The highest BCUT2D eigenvalue weighted by Crippen LogP contribution is 2.30. The average Bonchev–Trinajstić information content (AvgIpc) is 2.51. The van der Waals surface area contributed by atoms with Crippen molar-refractivity contribution in [3.63, 3.8) is 0 Å². The Balaban J connectivity index is 2.15. The lowest BCUT2D eigenvalue weighted by Crippen LogP contribution is -2.17. The minimum Gasteiger partial charge on any atom is -0.466 e. The van der Waals surface area contributed by atoms with E-state index in [1.807, 2.05) is 56.3 Å². The lowest BCUT2D eigenvalue weighted by atomic mass is 10.0. The number of nitrogens with two attached hydrogens (primary N) is 1. The third kappa shape index (κ3) is 4.57. The maximum atomic E-state index is 11.6. The van der Waals surface area contributed by atoms with Crippen LogP contribution in [0, 0.1) is 13.8 Å². The first-order valence-electron chi connectivity index (χ1n) is 7.76. The van der Waals surface area contributed by atoms with Crippen molar-refractivity contribution in [3.05, 3.63) is 59.2 Å². The van der Waals surface area contributed by atoms with Crippen LogP contribution >= 0.6 is 0 Å². The molecule has 0 saturated carbocycles. The summed E-state index contributed by atoms with van der Waals surface area (Å²) in [5.41, 5.74) is 9.09. The molecule has 2 aromatic rings. The van der Waals surface area contributed by atoms with E-state index in [0.717, 1.165) is 22.4 Å². The van der Waals surface area contributed by atoms with Crippen LogP contribution < -0.4 is 10.5 Å². The summed E-state index contributed by atoms with van der Waals surface area (Å²) in [7, 11) is 0. The summed E-state index contributed by atoms with van der Waals surface area (Å²) in [5.74, 6) is 1.27. The van der Waals surface area contributed by atoms with Gasteiger partial charge in [-0.15, -0.1) is 0 Å². The number of rotatable bonds is 6. The van der Waals surface area contributed by atoms with Gasteiger partial charge in [0.1, 0.15) is 11.5 Å². The van der Waals surface area contributed by atoms with Crippen LogP contribution in [0.5, 0.6) is 11.5 Å². The Morgan fingerprint density at radius 2 is 1.78 bits per heavy atom. The number of esters is 1. The van der Waals surface area contributed by atoms with Gasteiger partial charge in [-0.1, -0.05) is 30.3 Å². The number of ether oxygens (including phenoxy) is 2. The van der Waals surface area contributed by atoms with E-state index in [9.17, 15) is 4.79 Å². The highest BCUT2D eigenvalue weighted by molar-refractivity contribution is 5.70. The van der Waals surface area contributed by atoms with Crippen molar-refractivity contribution in [3.8, 4) is 11.5 Å². The smallest absolute Gasteiger partial charge is 0.307 e. The van der Waals surface area contributed by atoms with Gasteiger partial charge in [0.2, 0.25) is 0 Å². The average molecular weight is 313 g/mol. The van der Waals surface area contributed by atoms with E-state index in [2.05, 4.69) is 0 Å². The van der Waals surface area contributed by atoms with Gasteiger partial charge in [-0.05, 0) is 49.6 Å². The Kier molecular flexibility index (Phi) is 5.77. The summed E-state index contributed by atoms with van der Waals surface area (Å²) in [6, 6.07) is 13.1. The topological polar surface area (TPSA) is 61.5 Å². The molecule has 4 nitrogen and oxygen atoms in total. The Bertz CT molecular complexity index is 662. The van der Waals surface area contributed by atoms with Crippen molar-refractivity contribution in [1.29, 1.82) is 0 Å². The SMILES string of the molecule is CCOC(=O)CC(N)c1cccc(Oc2c(C)cccc2C)c1. The number of carbonyl (C=O) groups is 1. The molecule has 23 heavy (non-hydrogen) atoms. The Morgan fingerprint density at radius 1 is 1.13 bits per heavy atom. The first-order valence-corrected chi connectivity index (χ1v) is 7.76. The van der Waals surface area contributed by atoms with Gasteiger partial charge in [0.05, 0.1) is 13.0 Å². The maximum Gasteiger partial charge on any atom is 0.307 e. The van der Waals surface area contributed by atoms with Gasteiger partial charge >= 0.3 is 5.97 Å². The fourth-order valence-corrected chi connectivity index (χ4v) is 2.40. The molecule has 0 aliphatic heterocycles. The summed E-state index contributed by atoms with van der Waals surface area (Å²) in [5, 5.41) is 0. The minimum absolute atomic E-state index is 0.153. The molecular formula is C19H23NO3. The summed E-state index contributed by atoms with van der Waals surface area (Å²) in [4.78, 5) is 11.6. The highest BCUT2D eigenvalue weighted by Gasteiger charge is 2.13. The van der Waals surface area contributed by atoms with Crippen LogP contribution in [0.15, 0.2) is 42.5 Å². The van der Waals surface area contributed by atoms with Crippen LogP contribution in [0.3, 0.4) is 0 Å². The van der Waals surface area contributed by atoms with Crippen molar-refractivity contribution < 1.29 is 14.3 Å². The molecule has 0 bridgehead atoms. The van der Waals surface area contributed by atoms with Gasteiger partial charge in [-0.3, -0.25) is 4.79 Å². The molecule has 0 aliphatic carbocycles. The number of hydrogen-bond donors (Lipinski definition) is 1. The van der Waals surface area contributed by atoms with Crippen LogP contribution in [0.1, 0.15) is 36.1 Å². The van der Waals surface area contributed by atoms with Crippen molar-refractivity contribution in [2.75, 3.05) is 6.61 Å². The molecule has 2 aromatic carbocycles. The molecule has 1 unspecified atom stereocenters. The zero-order valence-corrected chi connectivity index (χ0v) is 13.8. The first kappa shape index (κ1) is 17.0. The molecule has 2 rings (SSSR count). The van der Waals surface area contributed by atoms with Crippen LogP contribution in [0.25, 0.3) is 0 Å². The second-order valence-corrected chi connectivity index (χ2v) is 5.51. The van der Waals surface area contributed by atoms with Gasteiger partial charge < -0.3 is 15.2 Å². The minimum atomic E-state index is -0.407. The first-order chi connectivity index (χ1) is 11.0. The van der Waals surface area contributed by atoms with E-state index in [4.69, 9.17) is 15.2 Å². The number of carbonyl (C=O) groups excluding carboxylic acids is 1. The van der Waals surface area contributed by atoms with Gasteiger partial charge in [0, 0.05) is 6.04 Å². The number of aryl methyl sites for hydroxylation is 2. The van der Waals surface area contributed by atoms with Gasteiger partial charge in [0.15, 0.2) is 0 Å². The van der Waals surface area contributed by atoms with Gasteiger partial charge in [-0.2, -0.15) is 0 Å². The number of benzene rings is 2. The summed E-state index contributed by atoms with van der Waals surface area (Å²) in [6.07, 6.45) is 0.153. The molecule has 0 radical (unpaired) electrons. The molecule has 0 amide bonds. The van der Waals surface area contributed by atoms with Crippen LogP contribution in [-0.4, -0.2) is 12.6 Å². The second-order valence-electron chi connectivity index (χ2n) is 5.51. The molecule has 0 aromatic heterocycles. The monoisotopic (exact) mass is 313 g/mol. The molecule has 122 valence electrons. The molecular weight excluding hydrogens is 290 g/mol. The molecule has 4 heteroatoms. The molecule has 0 fully saturated rings. The van der Waals surface area contributed by atoms with Crippen LogP contribution in [0.2, 0.25) is 0 Å². The molecule has 2 N–H and O–H groups in total. The van der Waals surface area contributed by atoms with E-state index < -0.39 is 6.04 Å². The van der Waals surface area contributed by atoms with Crippen molar-refractivity contribution >= 4 is 5.97 Å². The Labute approximate surface area is 137 Å². The predicted molar refractivity (Wildman–Crippen MR) is 90.6 cm³/mol. The zero-order chi connectivity index (χ0) is 16.8. The second kappa shape index (κ2) is 7.79. The van der Waals surface area contributed by atoms with Crippen molar-refractivity contribution in [2.24, 2.45) is 5.73 Å². The number of hydrogen-bond acceptors (Lipinski definition) is 4. The zero-order valence-electron chi connectivity index (χ0n) is 13.8. The third-order valence-electron chi connectivity index (χ3n) is 3.61. The predicted octanol–water partition coefficient (Wildman–Crippen LogP) is 4.05. The quantitative estimate of drug-likeness (QED) is 0.817. The number of para-hydroxylation sites is 1. The van der Waals surface area contributed by atoms with Crippen molar-refractivity contribution in [1.82, 2.24) is 0 Å². The van der Waals surface area contributed by atoms with E-state index in [1.165, 1.54) is 0 Å². The Morgan fingerprint density at radius 3 is 2.43 bits per heavy atom. The van der Waals surface area contributed by atoms with Gasteiger partial charge in [0.25, 0.3) is 0 Å². The summed E-state index contributed by atoms with van der Waals surface area (Å²) < 4.78 is 11.0. The van der Waals surface area contributed by atoms with Crippen molar-refractivity contribution in [2.45, 2.75) is 33.2 Å². The normalized spacial score (nSPS) is 11.8. The lowest BCUT2D eigenvalue weighted by Gasteiger charge is -2.15. The molecule has 1 atom stereocenters. The maximum absolute atomic E-state index is 11.6. The highest BCUT2D eigenvalue weighted by atomic mass is 16.5. The fraction of sp³-hybridized carbons (Fsp3) is 0.316. The standard InChI is InChI=1S/C19H23NO3/c1-4-22-18(21)12-17(20)15-9-6-10-16(11-15)23-19-13(2)7-5-8-14(19)3/h5-11,17H,4,12,20H2,1-3H3. The summed E-state index contributed by atoms with van der Waals surface area (Å²) in [6.45, 7) is 6.17. The van der Waals surface area contributed by atoms with E-state index in [1.54, 1.807) is 6.92 Å². The fourth-order valence-electron chi connectivity index (χ4n) is 2.40. The largest absolute Gasteiger partial charge is 0.466 e. The molecule has 0 saturated heterocycles. The summed E-state index contributed by atoms with van der Waals surface area (Å²) >= 11 is 0. The molecule has 0 spiro atoms.